The van der Waals surface area contributed by atoms with Crippen LogP contribution < -0.4 is 10.6 Å². The fourth-order valence-electron chi connectivity index (χ4n) is 3.50. The van der Waals surface area contributed by atoms with Crippen molar-refractivity contribution >= 4 is 11.8 Å². The van der Waals surface area contributed by atoms with Crippen LogP contribution in [0.4, 0.5) is 4.39 Å². The Hall–Kier alpha value is -2.83. The average Bonchev–Trinajstić information content (AvgIpc) is 3.36. The number of carbonyl (C=O) groups excluding carboxylic acids is 2. The first kappa shape index (κ1) is 18.5. The van der Waals surface area contributed by atoms with Crippen LogP contribution in [0.1, 0.15) is 64.9 Å². The minimum atomic E-state index is -0.469. The van der Waals surface area contributed by atoms with E-state index in [-0.39, 0.29) is 35.2 Å². The van der Waals surface area contributed by atoms with Crippen LogP contribution in [-0.4, -0.2) is 34.1 Å². The maximum absolute atomic E-state index is 14.4. The lowest BCUT2D eigenvalue weighted by Gasteiger charge is -2.12. The fraction of sp³-hybridized carbons (Fsp3) is 0.429. The number of halogens is 1. The Morgan fingerprint density at radius 1 is 0.964 bits per heavy atom. The van der Waals surface area contributed by atoms with Gasteiger partial charge in [0.2, 0.25) is 0 Å². The summed E-state index contributed by atoms with van der Waals surface area (Å²) < 4.78 is 14.4. The highest BCUT2D eigenvalue weighted by atomic mass is 19.1. The van der Waals surface area contributed by atoms with Crippen LogP contribution in [-0.2, 0) is 0 Å². The lowest BCUT2D eigenvalue weighted by molar-refractivity contribution is 0.0928. The number of hydrogen-bond donors (Lipinski definition) is 2. The molecule has 0 spiro atoms. The third-order valence-corrected chi connectivity index (χ3v) is 5.38. The van der Waals surface area contributed by atoms with Gasteiger partial charge in [0.05, 0.1) is 5.69 Å². The molecule has 4 rings (SSSR count). The molecule has 0 bridgehead atoms. The second-order valence-corrected chi connectivity index (χ2v) is 7.64. The van der Waals surface area contributed by atoms with Crippen molar-refractivity contribution in [1.82, 2.24) is 20.8 Å². The summed E-state index contributed by atoms with van der Waals surface area (Å²) in [6.07, 6.45) is 6.17. The number of aromatic nitrogens is 2. The summed E-state index contributed by atoms with van der Waals surface area (Å²) in [6, 6.07) is 6.48. The molecule has 7 heteroatoms. The van der Waals surface area contributed by atoms with E-state index in [2.05, 4.69) is 20.8 Å². The van der Waals surface area contributed by atoms with Gasteiger partial charge >= 0.3 is 0 Å². The predicted molar refractivity (Wildman–Crippen MR) is 102 cm³/mol. The van der Waals surface area contributed by atoms with Crippen molar-refractivity contribution in [1.29, 1.82) is 0 Å². The fourth-order valence-corrected chi connectivity index (χ4v) is 3.50. The molecule has 28 heavy (non-hydrogen) atoms. The quantitative estimate of drug-likeness (QED) is 0.832. The third-order valence-electron chi connectivity index (χ3n) is 5.38. The molecule has 0 saturated heterocycles. The zero-order valence-electron chi connectivity index (χ0n) is 15.8. The molecule has 0 atom stereocenters. The normalized spacial score (nSPS) is 16.8. The first-order chi connectivity index (χ1) is 13.5. The Balaban J connectivity index is 1.55. The molecule has 2 aliphatic carbocycles. The summed E-state index contributed by atoms with van der Waals surface area (Å²) in [5.74, 6) is -1.00. The molecule has 2 saturated carbocycles. The van der Waals surface area contributed by atoms with E-state index in [0.29, 0.717) is 16.8 Å². The van der Waals surface area contributed by atoms with Crippen molar-refractivity contribution in [3.05, 3.63) is 46.9 Å². The van der Waals surface area contributed by atoms with E-state index in [1.165, 1.54) is 6.07 Å². The molecule has 0 radical (unpaired) electrons. The van der Waals surface area contributed by atoms with E-state index < -0.39 is 5.82 Å². The molecule has 2 aromatic rings. The lowest BCUT2D eigenvalue weighted by Crippen LogP contribution is -2.33. The van der Waals surface area contributed by atoms with Crippen LogP contribution in [0.5, 0.6) is 0 Å². The molecule has 2 amide bonds. The van der Waals surface area contributed by atoms with Crippen molar-refractivity contribution in [2.24, 2.45) is 0 Å². The molecular formula is C21H23FN4O2. The Morgan fingerprint density at radius 2 is 1.64 bits per heavy atom. The van der Waals surface area contributed by atoms with Crippen LogP contribution in [0.3, 0.4) is 0 Å². The number of benzene rings is 1. The number of nitrogens with one attached hydrogen (secondary N) is 2. The molecule has 146 valence electrons. The van der Waals surface area contributed by atoms with Gasteiger partial charge < -0.3 is 10.6 Å². The molecule has 0 unspecified atom stereocenters. The Bertz CT molecular complexity index is 903. The van der Waals surface area contributed by atoms with E-state index in [4.69, 9.17) is 0 Å². The van der Waals surface area contributed by atoms with Crippen LogP contribution >= 0.6 is 0 Å². The van der Waals surface area contributed by atoms with E-state index in [9.17, 15) is 14.0 Å². The van der Waals surface area contributed by atoms with Crippen LogP contribution in [0.2, 0.25) is 0 Å². The zero-order chi connectivity index (χ0) is 19.7. The highest BCUT2D eigenvalue weighted by Gasteiger charge is 2.25. The van der Waals surface area contributed by atoms with Gasteiger partial charge in [-0.3, -0.25) is 9.59 Å². The second-order valence-electron chi connectivity index (χ2n) is 7.64. The van der Waals surface area contributed by atoms with E-state index >= 15 is 0 Å². The van der Waals surface area contributed by atoms with Gasteiger partial charge in [0, 0.05) is 23.2 Å². The first-order valence-electron chi connectivity index (χ1n) is 9.77. The maximum atomic E-state index is 14.4. The van der Waals surface area contributed by atoms with Crippen molar-refractivity contribution in [2.75, 3.05) is 0 Å². The second kappa shape index (κ2) is 7.66. The van der Waals surface area contributed by atoms with E-state index in [0.717, 1.165) is 38.5 Å². The molecule has 2 aliphatic rings. The Kier molecular flexibility index (Phi) is 5.07. The van der Waals surface area contributed by atoms with Gasteiger partial charge in [0.15, 0.2) is 5.69 Å². The van der Waals surface area contributed by atoms with Gasteiger partial charge in [-0.15, -0.1) is 10.2 Å². The summed E-state index contributed by atoms with van der Waals surface area (Å²) in [4.78, 5) is 24.6. The lowest BCUT2D eigenvalue weighted by atomic mass is 10.0. The van der Waals surface area contributed by atoms with Gasteiger partial charge in [0.1, 0.15) is 5.82 Å². The third kappa shape index (κ3) is 4.03. The van der Waals surface area contributed by atoms with Gasteiger partial charge in [-0.1, -0.05) is 12.8 Å². The molecule has 2 fully saturated rings. The minimum Gasteiger partial charge on any atom is -0.349 e. The van der Waals surface area contributed by atoms with Crippen molar-refractivity contribution in [3.8, 4) is 11.3 Å². The SMILES string of the molecule is Cc1c(F)cc(C(=O)NC2CC2)cc1-c1ccc(C(=O)NC2CCCC2)nn1. The smallest absolute Gasteiger partial charge is 0.272 e. The molecule has 1 heterocycles. The van der Waals surface area contributed by atoms with Gasteiger partial charge in [-0.05, 0) is 62.4 Å². The number of hydrogen-bond acceptors (Lipinski definition) is 4. The van der Waals surface area contributed by atoms with Crippen LogP contribution in [0, 0.1) is 12.7 Å². The summed E-state index contributed by atoms with van der Waals surface area (Å²) >= 11 is 0. The summed E-state index contributed by atoms with van der Waals surface area (Å²) in [6.45, 7) is 1.63. The first-order valence-corrected chi connectivity index (χ1v) is 9.77. The number of nitrogens with zero attached hydrogens (tertiary/aromatic N) is 2. The number of carbonyl (C=O) groups is 2. The largest absolute Gasteiger partial charge is 0.349 e. The Labute approximate surface area is 162 Å². The maximum Gasteiger partial charge on any atom is 0.272 e. The molecule has 1 aromatic carbocycles. The molecular weight excluding hydrogens is 359 g/mol. The molecule has 2 N–H and O–H groups in total. The number of rotatable bonds is 5. The average molecular weight is 382 g/mol. The van der Waals surface area contributed by atoms with E-state index in [1.54, 1.807) is 25.1 Å². The number of amides is 2. The highest BCUT2D eigenvalue weighted by molar-refractivity contribution is 5.96. The molecule has 0 aliphatic heterocycles. The van der Waals surface area contributed by atoms with Crippen molar-refractivity contribution < 1.29 is 14.0 Å². The van der Waals surface area contributed by atoms with Crippen molar-refractivity contribution in [2.45, 2.75) is 57.5 Å². The zero-order valence-corrected chi connectivity index (χ0v) is 15.8. The van der Waals surface area contributed by atoms with Gasteiger partial charge in [0.25, 0.3) is 11.8 Å². The van der Waals surface area contributed by atoms with Gasteiger partial charge in [-0.25, -0.2) is 4.39 Å². The topological polar surface area (TPSA) is 84.0 Å². The summed E-state index contributed by atoms with van der Waals surface area (Å²) in [5.41, 5.74) is 1.80. The monoisotopic (exact) mass is 382 g/mol. The predicted octanol–water partition coefficient (Wildman–Crippen LogP) is 3.16. The van der Waals surface area contributed by atoms with Gasteiger partial charge in [-0.2, -0.15) is 0 Å². The van der Waals surface area contributed by atoms with Crippen LogP contribution in [0.15, 0.2) is 24.3 Å². The Morgan fingerprint density at radius 3 is 2.29 bits per heavy atom. The van der Waals surface area contributed by atoms with Crippen molar-refractivity contribution in [3.63, 3.8) is 0 Å². The summed E-state index contributed by atoms with van der Waals surface area (Å²) in [5, 5.41) is 14.0. The summed E-state index contributed by atoms with van der Waals surface area (Å²) in [7, 11) is 0. The standard InChI is InChI=1S/C21H23FN4O2/c1-12-16(10-13(11-17(12)22)20(27)23-15-6-7-15)18-8-9-19(26-25-18)21(28)24-14-4-2-3-5-14/h8-11,14-15H,2-7H2,1H3,(H,23,27)(H,24,28). The minimum absolute atomic E-state index is 0.192. The van der Waals surface area contributed by atoms with Crippen LogP contribution in [0.25, 0.3) is 11.3 Å². The van der Waals surface area contributed by atoms with E-state index in [1.807, 2.05) is 0 Å². The molecule has 6 nitrogen and oxygen atoms in total. The molecule has 1 aromatic heterocycles. The highest BCUT2D eigenvalue weighted by Crippen LogP contribution is 2.26.